The Morgan fingerprint density at radius 2 is 2.29 bits per heavy atom. The van der Waals surface area contributed by atoms with Crippen LogP contribution < -0.4 is 4.90 Å². The number of amides is 1. The number of H-pyrrole nitrogens is 1. The molecule has 1 N–H and O–H groups in total. The summed E-state index contributed by atoms with van der Waals surface area (Å²) >= 11 is 3.34. The monoisotopic (exact) mass is 293 g/mol. The van der Waals surface area contributed by atoms with Crippen LogP contribution in [0.3, 0.4) is 0 Å². The summed E-state index contributed by atoms with van der Waals surface area (Å²) in [5.41, 5.74) is 0.121. The van der Waals surface area contributed by atoms with Crippen molar-refractivity contribution in [2.45, 2.75) is 6.42 Å². The van der Waals surface area contributed by atoms with Crippen molar-refractivity contribution in [1.82, 2.24) is 9.97 Å². The van der Waals surface area contributed by atoms with E-state index in [2.05, 4.69) is 25.9 Å². The van der Waals surface area contributed by atoms with Crippen molar-refractivity contribution in [3.63, 3.8) is 0 Å². The lowest BCUT2D eigenvalue weighted by Crippen LogP contribution is -2.25. The summed E-state index contributed by atoms with van der Waals surface area (Å²) < 4.78 is 0. The quantitative estimate of drug-likeness (QED) is 0.819. The lowest BCUT2D eigenvalue weighted by atomic mass is 10.2. The molecule has 1 aliphatic heterocycles. The smallest absolute Gasteiger partial charge is 0.229 e. The number of nitrogens with one attached hydrogen (secondary N) is 1. The Kier molecular flexibility index (Phi) is 3.12. The minimum absolute atomic E-state index is 0.0255. The predicted molar refractivity (Wildman–Crippen MR) is 62.3 cm³/mol. The second-order valence-corrected chi connectivity index (χ2v) is 4.38. The lowest BCUT2D eigenvalue weighted by Gasteiger charge is -2.11. The van der Waals surface area contributed by atoms with E-state index in [9.17, 15) is 4.79 Å². The standard InChI is InChI=1S/C10H8BrN5O/c11-2-6-1-9(17)16(5-6)10-14-7(3-12)8(4-13)15-10/h6H,1-2,5H2,(H,14,15). The molecule has 2 heterocycles. The minimum atomic E-state index is -0.0443. The van der Waals surface area contributed by atoms with Crippen LogP contribution in [0.5, 0.6) is 0 Å². The zero-order valence-corrected chi connectivity index (χ0v) is 10.4. The van der Waals surface area contributed by atoms with Crippen molar-refractivity contribution in [3.8, 4) is 12.1 Å². The maximum absolute atomic E-state index is 11.7. The summed E-state index contributed by atoms with van der Waals surface area (Å²) in [6.07, 6.45) is 0.454. The van der Waals surface area contributed by atoms with Crippen LogP contribution in [-0.4, -0.2) is 27.7 Å². The van der Waals surface area contributed by atoms with Crippen molar-refractivity contribution in [3.05, 3.63) is 11.4 Å². The highest BCUT2D eigenvalue weighted by Crippen LogP contribution is 2.24. The van der Waals surface area contributed by atoms with Crippen LogP contribution in [0.15, 0.2) is 0 Å². The lowest BCUT2D eigenvalue weighted by molar-refractivity contribution is -0.117. The second kappa shape index (κ2) is 4.56. The molecule has 1 saturated heterocycles. The Labute approximate surface area is 106 Å². The molecule has 0 aliphatic carbocycles. The Hall–Kier alpha value is -1.86. The molecule has 0 spiro atoms. The number of alkyl halides is 1. The number of hydrogen-bond acceptors (Lipinski definition) is 4. The summed E-state index contributed by atoms with van der Waals surface area (Å²) in [7, 11) is 0. The minimum Gasteiger partial charge on any atom is -0.314 e. The molecular formula is C10H8BrN5O. The molecule has 1 aromatic rings. The maximum atomic E-state index is 11.7. The van der Waals surface area contributed by atoms with Crippen LogP contribution in [0.25, 0.3) is 0 Å². The fourth-order valence-corrected chi connectivity index (χ4v) is 2.17. The molecule has 1 fully saturated rings. The number of rotatable bonds is 2. The van der Waals surface area contributed by atoms with E-state index in [1.54, 1.807) is 0 Å². The first-order valence-corrected chi connectivity index (χ1v) is 6.08. The van der Waals surface area contributed by atoms with E-state index in [0.717, 1.165) is 5.33 Å². The number of halogens is 1. The van der Waals surface area contributed by atoms with Gasteiger partial charge in [-0.3, -0.25) is 9.69 Å². The number of nitrogens with zero attached hydrogens (tertiary/aromatic N) is 4. The fraction of sp³-hybridized carbons (Fsp3) is 0.400. The number of nitriles is 2. The summed E-state index contributed by atoms with van der Waals surface area (Å²) in [5, 5.41) is 18.3. The fourth-order valence-electron chi connectivity index (χ4n) is 1.74. The second-order valence-electron chi connectivity index (χ2n) is 3.74. The van der Waals surface area contributed by atoms with Gasteiger partial charge in [0.2, 0.25) is 11.9 Å². The third kappa shape index (κ3) is 2.02. The highest BCUT2D eigenvalue weighted by Gasteiger charge is 2.32. The van der Waals surface area contributed by atoms with Gasteiger partial charge in [-0.15, -0.1) is 0 Å². The number of aromatic nitrogens is 2. The van der Waals surface area contributed by atoms with Crippen LogP contribution in [0.4, 0.5) is 5.95 Å². The number of aromatic amines is 1. The Morgan fingerprint density at radius 3 is 2.76 bits per heavy atom. The molecule has 0 aromatic carbocycles. The van der Waals surface area contributed by atoms with Crippen molar-refractivity contribution in [1.29, 1.82) is 10.5 Å². The largest absolute Gasteiger partial charge is 0.314 e. The molecule has 1 aromatic heterocycles. The molecule has 6 nitrogen and oxygen atoms in total. The van der Waals surface area contributed by atoms with Crippen molar-refractivity contribution < 1.29 is 4.79 Å². The van der Waals surface area contributed by atoms with Crippen LogP contribution >= 0.6 is 15.9 Å². The third-order valence-electron chi connectivity index (χ3n) is 2.59. The van der Waals surface area contributed by atoms with Gasteiger partial charge in [0, 0.05) is 18.3 Å². The Balaban J connectivity index is 2.30. The first-order chi connectivity index (χ1) is 8.19. The normalized spacial score (nSPS) is 19.1. The van der Waals surface area contributed by atoms with Gasteiger partial charge in [0.1, 0.15) is 12.1 Å². The molecule has 2 rings (SSSR count). The number of hydrogen-bond donors (Lipinski definition) is 1. The van der Waals surface area contributed by atoms with E-state index < -0.39 is 0 Å². The molecule has 1 unspecified atom stereocenters. The van der Waals surface area contributed by atoms with Crippen LogP contribution in [0.2, 0.25) is 0 Å². The molecule has 0 saturated carbocycles. The molecule has 1 atom stereocenters. The zero-order valence-electron chi connectivity index (χ0n) is 8.77. The first kappa shape index (κ1) is 11.6. The number of carbonyl (C=O) groups excluding carboxylic acids is 1. The van der Waals surface area contributed by atoms with Crippen molar-refractivity contribution in [2.75, 3.05) is 16.8 Å². The van der Waals surface area contributed by atoms with E-state index in [0.29, 0.717) is 13.0 Å². The van der Waals surface area contributed by atoms with E-state index in [-0.39, 0.29) is 29.2 Å². The van der Waals surface area contributed by atoms with E-state index >= 15 is 0 Å². The van der Waals surface area contributed by atoms with Gasteiger partial charge in [0.15, 0.2) is 11.4 Å². The summed E-state index contributed by atoms with van der Waals surface area (Å²) in [4.78, 5) is 19.8. The van der Waals surface area contributed by atoms with Gasteiger partial charge in [-0.25, -0.2) is 4.98 Å². The third-order valence-corrected chi connectivity index (χ3v) is 3.50. The van der Waals surface area contributed by atoms with Gasteiger partial charge >= 0.3 is 0 Å². The molecule has 17 heavy (non-hydrogen) atoms. The number of anilines is 1. The number of imidazole rings is 1. The highest BCUT2D eigenvalue weighted by atomic mass is 79.9. The van der Waals surface area contributed by atoms with Crippen LogP contribution in [0.1, 0.15) is 17.8 Å². The average molecular weight is 294 g/mol. The topological polar surface area (TPSA) is 96.6 Å². The Bertz CT molecular complexity index is 506. The number of carbonyl (C=O) groups is 1. The summed E-state index contributed by atoms with van der Waals surface area (Å²) in [6, 6.07) is 3.66. The van der Waals surface area contributed by atoms with Gasteiger partial charge in [-0.1, -0.05) is 15.9 Å². The van der Waals surface area contributed by atoms with Gasteiger partial charge < -0.3 is 4.98 Å². The van der Waals surface area contributed by atoms with Crippen molar-refractivity contribution in [2.24, 2.45) is 5.92 Å². The van der Waals surface area contributed by atoms with Gasteiger partial charge in [-0.2, -0.15) is 10.5 Å². The highest BCUT2D eigenvalue weighted by molar-refractivity contribution is 9.09. The van der Waals surface area contributed by atoms with Gasteiger partial charge in [0.25, 0.3) is 0 Å². The van der Waals surface area contributed by atoms with E-state index in [1.165, 1.54) is 4.90 Å². The average Bonchev–Trinajstić information content (AvgIpc) is 2.91. The van der Waals surface area contributed by atoms with Gasteiger partial charge in [-0.05, 0) is 5.92 Å². The SMILES string of the molecule is N#Cc1nc(N2CC(CBr)CC2=O)[nH]c1C#N. The summed E-state index contributed by atoms with van der Waals surface area (Å²) in [5.74, 6) is 0.479. The van der Waals surface area contributed by atoms with Crippen LogP contribution in [-0.2, 0) is 4.79 Å². The first-order valence-electron chi connectivity index (χ1n) is 4.96. The van der Waals surface area contributed by atoms with Gasteiger partial charge in [0.05, 0.1) is 0 Å². The molecule has 86 valence electrons. The molecule has 1 aliphatic rings. The summed E-state index contributed by atoms with van der Waals surface area (Å²) in [6.45, 7) is 0.549. The zero-order chi connectivity index (χ0) is 12.4. The molecule has 0 radical (unpaired) electrons. The van der Waals surface area contributed by atoms with E-state index in [1.807, 2.05) is 12.1 Å². The maximum Gasteiger partial charge on any atom is 0.229 e. The predicted octanol–water partition coefficient (Wildman–Crippen LogP) is 0.901. The van der Waals surface area contributed by atoms with Crippen LogP contribution in [0, 0.1) is 28.6 Å². The molecular weight excluding hydrogens is 286 g/mol. The Morgan fingerprint density at radius 1 is 1.53 bits per heavy atom. The molecule has 1 amide bonds. The molecule has 0 bridgehead atoms. The molecule has 7 heteroatoms. The van der Waals surface area contributed by atoms with E-state index in [4.69, 9.17) is 10.5 Å². The van der Waals surface area contributed by atoms with Crippen molar-refractivity contribution >= 4 is 27.8 Å².